The van der Waals surface area contributed by atoms with Crippen molar-refractivity contribution < 1.29 is 14.3 Å². The summed E-state index contributed by atoms with van der Waals surface area (Å²) in [5.74, 6) is 0.680. The molecule has 2 aromatic heterocycles. The van der Waals surface area contributed by atoms with Crippen molar-refractivity contribution in [2.24, 2.45) is 7.05 Å². The fraction of sp³-hybridized carbons (Fsp3) is 0.333. The molecule has 1 aliphatic heterocycles. The van der Waals surface area contributed by atoms with Crippen LogP contribution in [0.5, 0.6) is 5.75 Å². The number of imidazole rings is 1. The fourth-order valence-electron chi connectivity index (χ4n) is 3.92. The molecule has 1 N–H and O–H groups in total. The number of aromatic amines is 1. The third-order valence-corrected chi connectivity index (χ3v) is 5.52. The van der Waals surface area contributed by atoms with Crippen LogP contribution in [0.3, 0.4) is 0 Å². The van der Waals surface area contributed by atoms with Gasteiger partial charge in [-0.1, -0.05) is 12.1 Å². The number of benzene rings is 1. The van der Waals surface area contributed by atoms with Crippen LogP contribution in [0.15, 0.2) is 53.6 Å². The molecule has 29 heavy (non-hydrogen) atoms. The van der Waals surface area contributed by atoms with E-state index in [0.717, 1.165) is 17.0 Å². The van der Waals surface area contributed by atoms with E-state index in [1.54, 1.807) is 36.9 Å². The highest BCUT2D eigenvalue weighted by molar-refractivity contribution is 5.93. The first kappa shape index (κ1) is 19.1. The molecule has 0 saturated carbocycles. The van der Waals surface area contributed by atoms with Gasteiger partial charge in [-0.3, -0.25) is 9.36 Å². The van der Waals surface area contributed by atoms with Crippen molar-refractivity contribution in [1.82, 2.24) is 19.0 Å². The molecule has 0 spiro atoms. The molecule has 1 amide bonds. The highest BCUT2D eigenvalue weighted by atomic mass is 16.5. The monoisotopic (exact) mass is 396 g/mol. The summed E-state index contributed by atoms with van der Waals surface area (Å²) in [5, 5.41) is 0. The highest BCUT2D eigenvalue weighted by Gasteiger charge is 2.40. The number of aromatic nitrogens is 3. The largest absolute Gasteiger partial charge is 0.497 e. The topological polar surface area (TPSA) is 81.5 Å². The molecule has 3 aromatic rings. The Morgan fingerprint density at radius 3 is 2.48 bits per heavy atom. The molecule has 152 valence electrons. The second-order valence-electron chi connectivity index (χ2n) is 7.12. The molecular weight excluding hydrogens is 372 g/mol. The molecular formula is C21H24N4O4. The predicted molar refractivity (Wildman–Crippen MR) is 107 cm³/mol. The summed E-state index contributed by atoms with van der Waals surface area (Å²) in [4.78, 5) is 29.5. The lowest BCUT2D eigenvalue weighted by Gasteiger charge is -2.41. The van der Waals surface area contributed by atoms with Crippen molar-refractivity contribution in [1.29, 1.82) is 0 Å². The first-order chi connectivity index (χ1) is 14.0. The second kappa shape index (κ2) is 7.63. The Kier molecular flexibility index (Phi) is 5.02. The number of hydrogen-bond acceptors (Lipinski definition) is 4. The van der Waals surface area contributed by atoms with Gasteiger partial charge in [0.25, 0.3) is 5.91 Å². The van der Waals surface area contributed by atoms with Gasteiger partial charge >= 0.3 is 5.69 Å². The van der Waals surface area contributed by atoms with Crippen LogP contribution in [0.25, 0.3) is 0 Å². The molecule has 0 fully saturated rings. The predicted octanol–water partition coefficient (Wildman–Crippen LogP) is 1.94. The molecule has 2 atom stereocenters. The maximum atomic E-state index is 13.2. The number of carbonyl (C=O) groups excluding carboxylic acids is 1. The number of nitrogens with one attached hydrogen (secondary N) is 1. The summed E-state index contributed by atoms with van der Waals surface area (Å²) in [6.45, 7) is 0.412. The Labute approximate surface area is 168 Å². The smallest absolute Gasteiger partial charge is 0.325 e. The molecule has 8 heteroatoms. The lowest BCUT2D eigenvalue weighted by Crippen LogP contribution is -2.51. The van der Waals surface area contributed by atoms with Gasteiger partial charge < -0.3 is 23.9 Å². The minimum atomic E-state index is -0.477. The molecule has 0 aliphatic carbocycles. The first-order valence-corrected chi connectivity index (χ1v) is 9.40. The third kappa shape index (κ3) is 3.36. The summed E-state index contributed by atoms with van der Waals surface area (Å²) in [7, 11) is 4.96. The SMILES string of the molecule is COc1ccc(CN2C(=O)c3cccn3[C@H](Cc3c[nH]c(=O)n3C)[C@H]2OC)cc1. The van der Waals surface area contributed by atoms with Gasteiger partial charge in [0.05, 0.1) is 13.2 Å². The van der Waals surface area contributed by atoms with Crippen molar-refractivity contribution in [3.05, 3.63) is 76.2 Å². The minimum Gasteiger partial charge on any atom is -0.497 e. The summed E-state index contributed by atoms with van der Waals surface area (Å²) >= 11 is 0. The highest BCUT2D eigenvalue weighted by Crippen LogP contribution is 2.32. The van der Waals surface area contributed by atoms with Gasteiger partial charge in [-0.2, -0.15) is 0 Å². The van der Waals surface area contributed by atoms with Gasteiger partial charge in [0.1, 0.15) is 11.4 Å². The first-order valence-electron chi connectivity index (χ1n) is 9.40. The zero-order chi connectivity index (χ0) is 20.5. The minimum absolute atomic E-state index is 0.0862. The second-order valence-corrected chi connectivity index (χ2v) is 7.12. The van der Waals surface area contributed by atoms with Gasteiger partial charge in [-0.25, -0.2) is 4.79 Å². The van der Waals surface area contributed by atoms with Crippen LogP contribution >= 0.6 is 0 Å². The molecule has 0 radical (unpaired) electrons. The number of rotatable bonds is 6. The Balaban J connectivity index is 1.69. The lowest BCUT2D eigenvalue weighted by atomic mass is 10.0. The van der Waals surface area contributed by atoms with Crippen LogP contribution < -0.4 is 10.4 Å². The van der Waals surface area contributed by atoms with Crippen molar-refractivity contribution in [3.63, 3.8) is 0 Å². The van der Waals surface area contributed by atoms with Crippen LogP contribution in [-0.4, -0.2) is 45.4 Å². The van der Waals surface area contributed by atoms with Crippen molar-refractivity contribution in [3.8, 4) is 5.75 Å². The summed E-state index contributed by atoms with van der Waals surface area (Å²) in [5.41, 5.74) is 2.27. The summed E-state index contributed by atoms with van der Waals surface area (Å²) < 4.78 is 14.6. The van der Waals surface area contributed by atoms with E-state index in [0.29, 0.717) is 18.7 Å². The number of ether oxygens (including phenoxy) is 2. The third-order valence-electron chi connectivity index (χ3n) is 5.52. The van der Waals surface area contributed by atoms with Crippen LogP contribution in [0.4, 0.5) is 0 Å². The normalized spacial score (nSPS) is 18.7. The maximum Gasteiger partial charge on any atom is 0.325 e. The Bertz CT molecular complexity index is 1060. The molecule has 1 aliphatic rings. The van der Waals surface area contributed by atoms with E-state index in [1.807, 2.05) is 47.2 Å². The van der Waals surface area contributed by atoms with E-state index in [2.05, 4.69) is 4.98 Å². The van der Waals surface area contributed by atoms with Crippen LogP contribution in [-0.2, 0) is 24.8 Å². The number of methoxy groups -OCH3 is 2. The van der Waals surface area contributed by atoms with E-state index in [4.69, 9.17) is 9.47 Å². The van der Waals surface area contributed by atoms with Gasteiger partial charge in [-0.15, -0.1) is 0 Å². The van der Waals surface area contributed by atoms with Gasteiger partial charge in [0, 0.05) is 45.2 Å². The van der Waals surface area contributed by atoms with Crippen LogP contribution in [0.1, 0.15) is 27.8 Å². The number of amides is 1. The Hall–Kier alpha value is -3.26. The Morgan fingerprint density at radius 2 is 1.86 bits per heavy atom. The molecule has 1 aromatic carbocycles. The van der Waals surface area contributed by atoms with E-state index < -0.39 is 6.23 Å². The van der Waals surface area contributed by atoms with Gasteiger partial charge in [0.2, 0.25) is 0 Å². The molecule has 3 heterocycles. The van der Waals surface area contributed by atoms with E-state index in [1.165, 1.54) is 0 Å². The average molecular weight is 396 g/mol. The van der Waals surface area contributed by atoms with Gasteiger partial charge in [0.15, 0.2) is 6.23 Å². The number of fused-ring (bicyclic) bond motifs is 1. The number of carbonyl (C=O) groups is 1. The molecule has 0 saturated heterocycles. The number of H-pyrrole nitrogens is 1. The zero-order valence-electron chi connectivity index (χ0n) is 16.7. The summed E-state index contributed by atoms with van der Waals surface area (Å²) in [6.07, 6.45) is 3.67. The van der Waals surface area contributed by atoms with Gasteiger partial charge in [-0.05, 0) is 29.8 Å². The fourth-order valence-corrected chi connectivity index (χ4v) is 3.92. The van der Waals surface area contributed by atoms with Crippen molar-refractivity contribution in [2.75, 3.05) is 14.2 Å². The maximum absolute atomic E-state index is 13.2. The van der Waals surface area contributed by atoms with Crippen molar-refractivity contribution in [2.45, 2.75) is 25.2 Å². The molecule has 0 unspecified atom stereocenters. The Morgan fingerprint density at radius 1 is 1.10 bits per heavy atom. The van der Waals surface area contributed by atoms with Crippen LogP contribution in [0, 0.1) is 0 Å². The van der Waals surface area contributed by atoms with E-state index >= 15 is 0 Å². The molecule has 0 bridgehead atoms. The van der Waals surface area contributed by atoms with Crippen LogP contribution in [0.2, 0.25) is 0 Å². The zero-order valence-corrected chi connectivity index (χ0v) is 16.7. The van der Waals surface area contributed by atoms with E-state index in [-0.39, 0.29) is 17.6 Å². The molecule has 8 nitrogen and oxygen atoms in total. The average Bonchev–Trinajstić information content (AvgIpc) is 3.34. The van der Waals surface area contributed by atoms with Crippen molar-refractivity contribution >= 4 is 5.91 Å². The quantitative estimate of drug-likeness (QED) is 0.690. The standard InChI is InChI=1S/C21H24N4O4/c1-23-15(12-22-21(23)27)11-18-20(29-3)25(19(26)17-5-4-10-24(17)18)13-14-6-8-16(28-2)9-7-14/h4-10,12,18,20H,11,13H2,1-3H3,(H,22,27)/t18-,20-/m1/s1. The lowest BCUT2D eigenvalue weighted by molar-refractivity contribution is -0.0645. The number of hydrogen-bond donors (Lipinski definition) is 1. The van der Waals surface area contributed by atoms with E-state index in [9.17, 15) is 9.59 Å². The summed E-state index contributed by atoms with van der Waals surface area (Å²) in [6, 6.07) is 11.2. The number of nitrogens with zero attached hydrogens (tertiary/aromatic N) is 3. The molecule has 4 rings (SSSR count).